The third-order valence-corrected chi connectivity index (χ3v) is 4.62. The molecule has 3 nitrogen and oxygen atoms in total. The number of aromatic nitrogens is 2. The van der Waals surface area contributed by atoms with E-state index < -0.39 is 0 Å². The molecular formula is C16H14N2OS2. The van der Waals surface area contributed by atoms with Crippen LogP contribution >= 0.6 is 23.8 Å². The summed E-state index contributed by atoms with van der Waals surface area (Å²) in [6, 6.07) is 20.1. The highest BCUT2D eigenvalue weighted by atomic mass is 32.1. The fourth-order valence-corrected chi connectivity index (χ4v) is 3.31. The molecule has 21 heavy (non-hydrogen) atoms. The lowest BCUT2D eigenvalue weighted by Crippen LogP contribution is -2.13. The number of benzene rings is 2. The molecule has 1 heterocycles. The summed E-state index contributed by atoms with van der Waals surface area (Å²) in [5.74, 6) is 0. The SMILES string of the molecule is O=c1sn(Cc2ccccc2)n(Cc2ccccc2)c1=S. The molecule has 0 spiro atoms. The van der Waals surface area contributed by atoms with E-state index in [0.717, 1.165) is 11.1 Å². The van der Waals surface area contributed by atoms with Crippen LogP contribution in [0.2, 0.25) is 0 Å². The van der Waals surface area contributed by atoms with Crippen LogP contribution in [0.1, 0.15) is 11.1 Å². The molecule has 0 amide bonds. The molecule has 0 unspecified atom stereocenters. The molecule has 0 saturated heterocycles. The van der Waals surface area contributed by atoms with Crippen molar-refractivity contribution in [1.82, 2.24) is 8.75 Å². The molecule has 106 valence electrons. The van der Waals surface area contributed by atoms with E-state index in [2.05, 4.69) is 0 Å². The van der Waals surface area contributed by atoms with Gasteiger partial charge in [-0.15, -0.1) is 0 Å². The van der Waals surface area contributed by atoms with Gasteiger partial charge in [0.25, 0.3) is 4.74 Å². The van der Waals surface area contributed by atoms with Crippen molar-refractivity contribution in [3.8, 4) is 0 Å². The fourth-order valence-electron chi connectivity index (χ4n) is 2.15. The van der Waals surface area contributed by atoms with Crippen LogP contribution in [-0.2, 0) is 13.1 Å². The van der Waals surface area contributed by atoms with Crippen LogP contribution in [0.3, 0.4) is 0 Å². The van der Waals surface area contributed by atoms with E-state index in [4.69, 9.17) is 12.2 Å². The van der Waals surface area contributed by atoms with E-state index in [-0.39, 0.29) is 4.74 Å². The second-order valence-corrected chi connectivity index (χ2v) is 6.08. The minimum absolute atomic E-state index is 0.0585. The monoisotopic (exact) mass is 314 g/mol. The van der Waals surface area contributed by atoms with Crippen molar-refractivity contribution < 1.29 is 0 Å². The van der Waals surface area contributed by atoms with Crippen molar-refractivity contribution >= 4 is 23.8 Å². The second-order valence-electron chi connectivity index (χ2n) is 4.72. The van der Waals surface area contributed by atoms with Crippen LogP contribution in [0, 0.1) is 4.64 Å². The van der Waals surface area contributed by atoms with Crippen LogP contribution in [0.25, 0.3) is 0 Å². The van der Waals surface area contributed by atoms with Gasteiger partial charge in [-0.2, -0.15) is 0 Å². The zero-order valence-electron chi connectivity index (χ0n) is 11.3. The molecule has 5 heteroatoms. The Kier molecular flexibility index (Phi) is 4.13. The van der Waals surface area contributed by atoms with Gasteiger partial charge in [-0.3, -0.25) is 9.48 Å². The van der Waals surface area contributed by atoms with Crippen LogP contribution in [0.5, 0.6) is 0 Å². The van der Waals surface area contributed by atoms with Gasteiger partial charge in [-0.1, -0.05) is 72.9 Å². The Hall–Kier alpha value is -1.98. The summed E-state index contributed by atoms with van der Waals surface area (Å²) in [4.78, 5) is 11.9. The van der Waals surface area contributed by atoms with Crippen molar-refractivity contribution in [2.45, 2.75) is 13.1 Å². The van der Waals surface area contributed by atoms with Gasteiger partial charge in [0, 0.05) is 11.5 Å². The minimum atomic E-state index is -0.0585. The zero-order valence-corrected chi connectivity index (χ0v) is 12.9. The van der Waals surface area contributed by atoms with Gasteiger partial charge < -0.3 is 0 Å². The quantitative estimate of drug-likeness (QED) is 0.689. The molecule has 0 aliphatic carbocycles. The highest BCUT2D eigenvalue weighted by Gasteiger charge is 2.08. The molecule has 0 aliphatic rings. The molecule has 2 aromatic carbocycles. The lowest BCUT2D eigenvalue weighted by atomic mass is 10.2. The van der Waals surface area contributed by atoms with Crippen LogP contribution in [0.4, 0.5) is 0 Å². The standard InChI is InChI=1S/C16H14N2OS2/c19-16-15(20)17(11-13-7-3-1-4-8-13)18(21-16)12-14-9-5-2-6-10-14/h1-10H,11-12H2. The topological polar surface area (TPSA) is 26.9 Å². The van der Waals surface area contributed by atoms with Crippen LogP contribution < -0.4 is 4.74 Å². The zero-order chi connectivity index (χ0) is 14.7. The maximum absolute atomic E-state index is 11.9. The van der Waals surface area contributed by atoms with Crippen molar-refractivity contribution in [3.63, 3.8) is 0 Å². The van der Waals surface area contributed by atoms with Gasteiger partial charge in [0.15, 0.2) is 4.64 Å². The molecule has 3 rings (SSSR count). The third kappa shape index (κ3) is 3.20. The fraction of sp³-hybridized carbons (Fsp3) is 0.125. The third-order valence-electron chi connectivity index (χ3n) is 3.20. The Morgan fingerprint density at radius 2 is 1.38 bits per heavy atom. The number of nitrogens with zero attached hydrogens (tertiary/aromatic N) is 2. The lowest BCUT2D eigenvalue weighted by Gasteiger charge is -2.11. The lowest BCUT2D eigenvalue weighted by molar-refractivity contribution is 0.544. The van der Waals surface area contributed by atoms with Gasteiger partial charge in [0.1, 0.15) is 0 Å². The normalized spacial score (nSPS) is 10.7. The summed E-state index contributed by atoms with van der Waals surface area (Å²) in [5, 5.41) is 0. The molecular weight excluding hydrogens is 300 g/mol. The summed E-state index contributed by atoms with van der Waals surface area (Å²) in [6.07, 6.45) is 0. The predicted molar refractivity (Wildman–Crippen MR) is 88.5 cm³/mol. The first kappa shape index (κ1) is 14.0. The molecule has 0 bridgehead atoms. The molecule has 0 radical (unpaired) electrons. The van der Waals surface area contributed by atoms with Crippen molar-refractivity contribution in [2.24, 2.45) is 0 Å². The molecule has 0 fully saturated rings. The van der Waals surface area contributed by atoms with Crippen molar-refractivity contribution in [1.29, 1.82) is 0 Å². The van der Waals surface area contributed by atoms with E-state index in [1.165, 1.54) is 11.5 Å². The highest BCUT2D eigenvalue weighted by Crippen LogP contribution is 2.08. The maximum Gasteiger partial charge on any atom is 0.285 e. The molecule has 0 atom stereocenters. The summed E-state index contributed by atoms with van der Waals surface area (Å²) < 4.78 is 4.13. The van der Waals surface area contributed by atoms with Gasteiger partial charge in [-0.05, 0) is 11.1 Å². The molecule has 0 saturated carbocycles. The van der Waals surface area contributed by atoms with E-state index in [0.29, 0.717) is 17.7 Å². The summed E-state index contributed by atoms with van der Waals surface area (Å²) in [6.45, 7) is 1.27. The summed E-state index contributed by atoms with van der Waals surface area (Å²) in [5.41, 5.74) is 2.29. The smallest absolute Gasteiger partial charge is 0.273 e. The Balaban J connectivity index is 1.96. The molecule has 0 aliphatic heterocycles. The van der Waals surface area contributed by atoms with E-state index in [9.17, 15) is 4.79 Å². The predicted octanol–water partition coefficient (Wildman–Crippen LogP) is 3.54. The second kappa shape index (κ2) is 6.20. The first-order chi connectivity index (χ1) is 10.2. The van der Waals surface area contributed by atoms with Gasteiger partial charge in [-0.25, -0.2) is 4.07 Å². The Labute approximate surface area is 131 Å². The average molecular weight is 314 g/mol. The molecule has 3 aromatic rings. The van der Waals surface area contributed by atoms with Crippen molar-refractivity contribution in [3.05, 3.63) is 86.0 Å². The van der Waals surface area contributed by atoms with E-state index >= 15 is 0 Å². The van der Waals surface area contributed by atoms with Crippen LogP contribution in [0.15, 0.2) is 65.5 Å². The Morgan fingerprint density at radius 1 is 0.857 bits per heavy atom. The number of rotatable bonds is 4. The Bertz CT molecular complexity index is 832. The van der Waals surface area contributed by atoms with E-state index in [1.54, 1.807) is 0 Å². The summed E-state index contributed by atoms with van der Waals surface area (Å²) >= 11 is 6.44. The van der Waals surface area contributed by atoms with Gasteiger partial charge in [0.2, 0.25) is 0 Å². The average Bonchev–Trinajstić information content (AvgIpc) is 2.77. The van der Waals surface area contributed by atoms with Gasteiger partial charge in [0.05, 0.1) is 13.1 Å². The number of hydrogen-bond donors (Lipinski definition) is 0. The molecule has 0 N–H and O–H groups in total. The van der Waals surface area contributed by atoms with Crippen molar-refractivity contribution in [2.75, 3.05) is 0 Å². The van der Waals surface area contributed by atoms with E-state index in [1.807, 2.05) is 69.4 Å². The number of hydrogen-bond acceptors (Lipinski definition) is 3. The minimum Gasteiger partial charge on any atom is -0.273 e. The first-order valence-electron chi connectivity index (χ1n) is 6.63. The Morgan fingerprint density at radius 3 is 1.95 bits per heavy atom. The maximum atomic E-state index is 11.9. The summed E-state index contributed by atoms with van der Waals surface area (Å²) in [7, 11) is 0. The highest BCUT2D eigenvalue weighted by molar-refractivity contribution is 7.71. The first-order valence-corrected chi connectivity index (χ1v) is 7.81. The van der Waals surface area contributed by atoms with Crippen LogP contribution in [-0.4, -0.2) is 8.75 Å². The van der Waals surface area contributed by atoms with Gasteiger partial charge >= 0.3 is 0 Å². The largest absolute Gasteiger partial charge is 0.285 e. The molecule has 1 aromatic heterocycles.